The second kappa shape index (κ2) is 9.54. The zero-order valence-electron chi connectivity index (χ0n) is 17.0. The van der Waals surface area contributed by atoms with E-state index in [2.05, 4.69) is 36.3 Å². The van der Waals surface area contributed by atoms with Gasteiger partial charge in [0.15, 0.2) is 0 Å². The molecule has 0 spiro atoms. The third-order valence-corrected chi connectivity index (χ3v) is 5.25. The Hall–Kier alpha value is -3.19. The molecule has 0 bridgehead atoms. The molecule has 0 saturated heterocycles. The Morgan fingerprint density at radius 3 is 2.47 bits per heavy atom. The fraction of sp³-hybridized carbons (Fsp3) is 0.174. The Morgan fingerprint density at radius 2 is 1.77 bits per heavy atom. The summed E-state index contributed by atoms with van der Waals surface area (Å²) in [5.74, 6) is -1.54. The number of nitrogens with zero attached hydrogens (tertiary/aromatic N) is 2. The van der Waals surface area contributed by atoms with Crippen molar-refractivity contribution in [1.82, 2.24) is 15.3 Å². The van der Waals surface area contributed by atoms with Crippen LogP contribution in [0.3, 0.4) is 0 Å². The number of benzene rings is 2. The first-order valence-electron chi connectivity index (χ1n) is 9.50. The van der Waals surface area contributed by atoms with Crippen LogP contribution in [0.1, 0.15) is 35.5 Å². The number of aromatic nitrogens is 1. The molecule has 1 heterocycles. The zero-order chi connectivity index (χ0) is 21.7. The minimum atomic E-state index is -0.810. The fourth-order valence-electron chi connectivity index (χ4n) is 3.23. The number of carbonyl (C=O) groups excluding carboxylic acids is 2. The third kappa shape index (κ3) is 5.04. The minimum absolute atomic E-state index is 0.280. The number of aryl methyl sites for hydroxylation is 1. The van der Waals surface area contributed by atoms with Gasteiger partial charge in [-0.2, -0.15) is 5.10 Å². The summed E-state index contributed by atoms with van der Waals surface area (Å²) in [5.41, 5.74) is 7.10. The molecule has 0 aliphatic rings. The zero-order valence-corrected chi connectivity index (χ0v) is 18.6. The van der Waals surface area contributed by atoms with E-state index in [-0.39, 0.29) is 6.04 Å². The summed E-state index contributed by atoms with van der Waals surface area (Å²) in [6, 6.07) is 19.1. The Kier molecular flexibility index (Phi) is 6.84. The molecule has 2 aromatic carbocycles. The van der Waals surface area contributed by atoms with Gasteiger partial charge in [0, 0.05) is 27.1 Å². The van der Waals surface area contributed by atoms with E-state index in [4.69, 9.17) is 0 Å². The summed E-state index contributed by atoms with van der Waals surface area (Å²) < 4.78 is 3.09. The van der Waals surface area contributed by atoms with Crippen molar-refractivity contribution < 1.29 is 9.59 Å². The Labute approximate surface area is 184 Å². The van der Waals surface area contributed by atoms with E-state index >= 15 is 0 Å². The molecule has 0 unspecified atom stereocenters. The van der Waals surface area contributed by atoms with Crippen LogP contribution >= 0.6 is 15.9 Å². The first-order valence-corrected chi connectivity index (χ1v) is 10.3. The second-order valence-electron chi connectivity index (χ2n) is 6.95. The first kappa shape index (κ1) is 21.5. The standard InChI is InChI=1S/C23H23BrN4O2/c1-15-12-19(17(3)28(15)21-11-7-10-20(24)13-21)14-25-27-23(30)22(29)26-16(2)18-8-5-4-6-9-18/h4-14,16H,1-3H3,(H,26,29)(H,27,30)/b25-14-/t16-/m1/s1. The Morgan fingerprint density at radius 1 is 1.03 bits per heavy atom. The molecule has 2 N–H and O–H groups in total. The molecule has 30 heavy (non-hydrogen) atoms. The normalized spacial score (nSPS) is 12.0. The molecule has 0 fully saturated rings. The summed E-state index contributed by atoms with van der Waals surface area (Å²) in [7, 11) is 0. The predicted octanol–water partition coefficient (Wildman–Crippen LogP) is 4.18. The van der Waals surface area contributed by atoms with Gasteiger partial charge in [-0.25, -0.2) is 5.43 Å². The number of hydrogen-bond donors (Lipinski definition) is 2. The smallest absolute Gasteiger partial charge is 0.329 e. The molecule has 0 aliphatic carbocycles. The maximum absolute atomic E-state index is 12.1. The van der Waals surface area contributed by atoms with Crippen LogP contribution < -0.4 is 10.7 Å². The number of hydrogen-bond acceptors (Lipinski definition) is 3. The van der Waals surface area contributed by atoms with Crippen molar-refractivity contribution in [3.63, 3.8) is 0 Å². The van der Waals surface area contributed by atoms with E-state index in [0.717, 1.165) is 32.7 Å². The van der Waals surface area contributed by atoms with Crippen LogP contribution in [0, 0.1) is 13.8 Å². The van der Waals surface area contributed by atoms with E-state index < -0.39 is 11.8 Å². The van der Waals surface area contributed by atoms with Gasteiger partial charge in [0.05, 0.1) is 12.3 Å². The van der Waals surface area contributed by atoms with Crippen LogP contribution in [0.25, 0.3) is 5.69 Å². The van der Waals surface area contributed by atoms with Gasteiger partial charge in [-0.05, 0) is 50.6 Å². The summed E-state index contributed by atoms with van der Waals surface area (Å²) in [6.07, 6.45) is 1.54. The van der Waals surface area contributed by atoms with Gasteiger partial charge >= 0.3 is 11.8 Å². The van der Waals surface area contributed by atoms with Crippen molar-refractivity contribution in [3.05, 3.63) is 87.7 Å². The summed E-state index contributed by atoms with van der Waals surface area (Å²) in [5, 5.41) is 6.62. The average molecular weight is 467 g/mol. The van der Waals surface area contributed by atoms with Crippen molar-refractivity contribution in [2.45, 2.75) is 26.8 Å². The number of rotatable bonds is 5. The highest BCUT2D eigenvalue weighted by atomic mass is 79.9. The SMILES string of the molecule is Cc1cc(/C=N\NC(=O)C(=O)N[C@H](C)c2ccccc2)c(C)n1-c1cccc(Br)c1. The van der Waals surface area contributed by atoms with E-state index in [9.17, 15) is 9.59 Å². The summed E-state index contributed by atoms with van der Waals surface area (Å²) >= 11 is 3.49. The number of carbonyl (C=O) groups is 2. The van der Waals surface area contributed by atoms with Crippen molar-refractivity contribution in [1.29, 1.82) is 0 Å². The molecular weight excluding hydrogens is 444 g/mol. The number of amides is 2. The first-order chi connectivity index (χ1) is 14.4. The lowest BCUT2D eigenvalue weighted by Gasteiger charge is -2.13. The highest BCUT2D eigenvalue weighted by Crippen LogP contribution is 2.22. The molecule has 3 rings (SSSR count). The van der Waals surface area contributed by atoms with E-state index in [0.29, 0.717) is 0 Å². The fourth-order valence-corrected chi connectivity index (χ4v) is 3.62. The van der Waals surface area contributed by atoms with Gasteiger partial charge in [0.2, 0.25) is 0 Å². The van der Waals surface area contributed by atoms with E-state index in [1.807, 2.05) is 81.4 Å². The van der Waals surface area contributed by atoms with Crippen LogP contribution in [0.5, 0.6) is 0 Å². The van der Waals surface area contributed by atoms with Crippen LogP contribution in [0.15, 0.2) is 70.2 Å². The molecule has 0 aliphatic heterocycles. The quantitative estimate of drug-likeness (QED) is 0.336. The molecule has 2 amide bonds. The molecule has 0 radical (unpaired) electrons. The summed E-state index contributed by atoms with van der Waals surface area (Å²) in [4.78, 5) is 24.2. The maximum Gasteiger partial charge on any atom is 0.329 e. The van der Waals surface area contributed by atoms with Crippen molar-refractivity contribution >= 4 is 34.0 Å². The second-order valence-corrected chi connectivity index (χ2v) is 7.86. The average Bonchev–Trinajstić information content (AvgIpc) is 3.01. The number of hydrazone groups is 1. The minimum Gasteiger partial charge on any atom is -0.341 e. The lowest BCUT2D eigenvalue weighted by molar-refractivity contribution is -0.139. The number of nitrogens with one attached hydrogen (secondary N) is 2. The van der Waals surface area contributed by atoms with Crippen LogP contribution in [0.2, 0.25) is 0 Å². The predicted molar refractivity (Wildman–Crippen MR) is 122 cm³/mol. The van der Waals surface area contributed by atoms with Gasteiger partial charge < -0.3 is 9.88 Å². The van der Waals surface area contributed by atoms with Crippen LogP contribution in [0.4, 0.5) is 0 Å². The molecule has 3 aromatic rings. The van der Waals surface area contributed by atoms with Gasteiger partial charge in [0.1, 0.15) is 0 Å². The van der Waals surface area contributed by atoms with Gasteiger partial charge in [-0.3, -0.25) is 9.59 Å². The van der Waals surface area contributed by atoms with Crippen molar-refractivity contribution in [3.8, 4) is 5.69 Å². The topological polar surface area (TPSA) is 75.5 Å². The van der Waals surface area contributed by atoms with E-state index in [1.165, 1.54) is 0 Å². The van der Waals surface area contributed by atoms with Gasteiger partial charge in [0.25, 0.3) is 0 Å². The van der Waals surface area contributed by atoms with Crippen LogP contribution in [-0.2, 0) is 9.59 Å². The summed E-state index contributed by atoms with van der Waals surface area (Å²) in [6.45, 7) is 5.80. The molecular formula is C23H23BrN4O2. The largest absolute Gasteiger partial charge is 0.341 e. The monoisotopic (exact) mass is 466 g/mol. The molecule has 1 atom stereocenters. The Bertz CT molecular complexity index is 1090. The lowest BCUT2D eigenvalue weighted by Crippen LogP contribution is -2.39. The van der Waals surface area contributed by atoms with Crippen molar-refractivity contribution in [2.24, 2.45) is 5.10 Å². The molecule has 7 heteroatoms. The molecule has 0 saturated carbocycles. The highest BCUT2D eigenvalue weighted by Gasteiger charge is 2.16. The lowest BCUT2D eigenvalue weighted by atomic mass is 10.1. The van der Waals surface area contributed by atoms with Gasteiger partial charge in [-0.1, -0.05) is 52.3 Å². The molecule has 154 valence electrons. The third-order valence-electron chi connectivity index (χ3n) is 4.76. The molecule has 1 aromatic heterocycles. The van der Waals surface area contributed by atoms with Gasteiger partial charge in [-0.15, -0.1) is 0 Å². The maximum atomic E-state index is 12.1. The van der Waals surface area contributed by atoms with E-state index in [1.54, 1.807) is 6.21 Å². The number of halogens is 1. The van der Waals surface area contributed by atoms with Crippen LogP contribution in [-0.4, -0.2) is 22.6 Å². The molecule has 6 nitrogen and oxygen atoms in total. The Balaban J connectivity index is 1.64. The van der Waals surface area contributed by atoms with Crippen molar-refractivity contribution in [2.75, 3.05) is 0 Å². The highest BCUT2D eigenvalue weighted by molar-refractivity contribution is 9.10.